The Morgan fingerprint density at radius 1 is 1.16 bits per heavy atom. The van der Waals surface area contributed by atoms with Crippen LogP contribution in [0.2, 0.25) is 5.02 Å². The first-order chi connectivity index (χ1) is 12.0. The lowest BCUT2D eigenvalue weighted by atomic mass is 9.79. The van der Waals surface area contributed by atoms with E-state index in [9.17, 15) is 14.7 Å². The summed E-state index contributed by atoms with van der Waals surface area (Å²) in [6, 6.07) is 7.33. The highest BCUT2D eigenvalue weighted by Crippen LogP contribution is 2.52. The highest BCUT2D eigenvalue weighted by Gasteiger charge is 2.54. The first-order valence-electron chi connectivity index (χ1n) is 8.28. The van der Waals surface area contributed by atoms with Gasteiger partial charge in [0, 0.05) is 16.0 Å². The fraction of sp³-hybridized carbons (Fsp3) is 0.389. The highest BCUT2D eigenvalue weighted by atomic mass is 35.5. The van der Waals surface area contributed by atoms with Crippen LogP contribution in [-0.2, 0) is 9.59 Å². The van der Waals surface area contributed by atoms with E-state index < -0.39 is 17.8 Å². The molecule has 0 radical (unpaired) electrons. The number of halogens is 1. The van der Waals surface area contributed by atoms with Crippen LogP contribution in [0.3, 0.4) is 0 Å². The van der Waals surface area contributed by atoms with Gasteiger partial charge < -0.3 is 10.4 Å². The second-order valence-corrected chi connectivity index (χ2v) is 8.05. The van der Waals surface area contributed by atoms with Gasteiger partial charge in [-0.15, -0.1) is 11.3 Å². The monoisotopic (exact) mass is 376 g/mol. The fourth-order valence-corrected chi connectivity index (χ4v) is 5.15. The Balaban J connectivity index is 1.50. The number of thiazole rings is 1. The number of anilines is 1. The maximum atomic E-state index is 12.7. The zero-order chi connectivity index (χ0) is 17.6. The predicted octanol–water partition coefficient (Wildman–Crippen LogP) is 4.15. The number of aromatic nitrogens is 1. The summed E-state index contributed by atoms with van der Waals surface area (Å²) in [5.74, 6) is -1.75. The molecule has 2 aliphatic rings. The van der Waals surface area contributed by atoms with Crippen LogP contribution in [0.25, 0.3) is 11.3 Å². The molecule has 4 rings (SSSR count). The van der Waals surface area contributed by atoms with E-state index in [2.05, 4.69) is 10.3 Å². The van der Waals surface area contributed by atoms with Crippen LogP contribution in [0, 0.1) is 23.7 Å². The fourth-order valence-electron chi connectivity index (χ4n) is 4.30. The number of carboxylic acids is 1. The average Bonchev–Trinajstić information content (AvgIpc) is 3.30. The molecule has 25 heavy (non-hydrogen) atoms. The van der Waals surface area contributed by atoms with Gasteiger partial charge in [0.25, 0.3) is 0 Å². The maximum absolute atomic E-state index is 12.7. The van der Waals surface area contributed by atoms with E-state index in [-0.39, 0.29) is 17.7 Å². The lowest BCUT2D eigenvalue weighted by molar-refractivity contribution is -0.148. The van der Waals surface area contributed by atoms with Gasteiger partial charge in [-0.2, -0.15) is 0 Å². The van der Waals surface area contributed by atoms with Crippen LogP contribution in [-0.4, -0.2) is 22.0 Å². The Morgan fingerprint density at radius 2 is 1.84 bits per heavy atom. The molecular weight excluding hydrogens is 360 g/mol. The Hall–Kier alpha value is -1.92. The second-order valence-electron chi connectivity index (χ2n) is 6.76. The summed E-state index contributed by atoms with van der Waals surface area (Å²) in [7, 11) is 0. The Bertz CT molecular complexity index is 820. The molecular formula is C18H17ClN2O3S. The molecule has 2 bridgehead atoms. The minimum Gasteiger partial charge on any atom is -0.481 e. The summed E-state index contributed by atoms with van der Waals surface area (Å²) in [6.45, 7) is 0. The van der Waals surface area contributed by atoms with Gasteiger partial charge in [0.05, 0.1) is 17.5 Å². The quantitative estimate of drug-likeness (QED) is 0.840. The number of nitrogens with one attached hydrogen (secondary N) is 1. The number of hydrogen-bond acceptors (Lipinski definition) is 4. The van der Waals surface area contributed by atoms with Crippen molar-refractivity contribution >= 4 is 39.9 Å². The van der Waals surface area contributed by atoms with Gasteiger partial charge in [0.1, 0.15) is 0 Å². The van der Waals surface area contributed by atoms with Crippen LogP contribution >= 0.6 is 22.9 Å². The van der Waals surface area contributed by atoms with Crippen LogP contribution < -0.4 is 5.32 Å². The molecule has 2 fully saturated rings. The van der Waals surface area contributed by atoms with Crippen LogP contribution in [0.1, 0.15) is 19.3 Å². The molecule has 1 heterocycles. The summed E-state index contributed by atoms with van der Waals surface area (Å²) in [4.78, 5) is 28.7. The molecule has 130 valence electrons. The first-order valence-corrected chi connectivity index (χ1v) is 9.54. The molecule has 1 aromatic carbocycles. The minimum atomic E-state index is -0.853. The van der Waals surface area contributed by atoms with Crippen molar-refractivity contribution < 1.29 is 14.7 Å². The van der Waals surface area contributed by atoms with E-state index in [0.29, 0.717) is 10.2 Å². The van der Waals surface area contributed by atoms with Gasteiger partial charge in [-0.1, -0.05) is 23.7 Å². The maximum Gasteiger partial charge on any atom is 0.307 e. The lowest BCUT2D eigenvalue weighted by Gasteiger charge is -2.26. The number of carbonyl (C=O) groups is 2. The van der Waals surface area contributed by atoms with Crippen molar-refractivity contribution in [1.82, 2.24) is 4.98 Å². The molecule has 7 heteroatoms. The van der Waals surface area contributed by atoms with E-state index >= 15 is 0 Å². The minimum absolute atomic E-state index is 0.138. The number of hydrogen-bond donors (Lipinski definition) is 2. The summed E-state index contributed by atoms with van der Waals surface area (Å²) in [5.41, 5.74) is 1.68. The van der Waals surface area contributed by atoms with E-state index in [4.69, 9.17) is 11.6 Å². The van der Waals surface area contributed by atoms with Crippen molar-refractivity contribution in [3.05, 3.63) is 34.7 Å². The Labute approximate surface area is 154 Å². The number of amides is 1. The molecule has 1 aromatic heterocycles. The van der Waals surface area contributed by atoms with Gasteiger partial charge >= 0.3 is 5.97 Å². The van der Waals surface area contributed by atoms with Crippen molar-refractivity contribution in [1.29, 1.82) is 0 Å². The lowest BCUT2D eigenvalue weighted by Crippen LogP contribution is -2.37. The highest BCUT2D eigenvalue weighted by molar-refractivity contribution is 7.14. The smallest absolute Gasteiger partial charge is 0.307 e. The van der Waals surface area contributed by atoms with Crippen molar-refractivity contribution in [3.8, 4) is 11.3 Å². The Morgan fingerprint density at radius 3 is 2.52 bits per heavy atom. The van der Waals surface area contributed by atoms with Crippen LogP contribution in [0.5, 0.6) is 0 Å². The van der Waals surface area contributed by atoms with Crippen molar-refractivity contribution in [2.75, 3.05) is 5.32 Å². The standard InChI is InChI=1S/C18H17ClN2O3S/c19-12-5-3-9(4-6-12)13-8-25-18(20-13)21-16(22)14-10-1-2-11(7-10)15(14)17(23)24/h3-6,8,10-11,14-15H,1-2,7H2,(H,23,24)(H,20,21,22)/t10-,11+,14+,15+/m0/s1. The van der Waals surface area contributed by atoms with Gasteiger partial charge in [-0.05, 0) is 43.2 Å². The van der Waals surface area contributed by atoms with Crippen molar-refractivity contribution in [2.24, 2.45) is 23.7 Å². The third kappa shape index (κ3) is 3.04. The molecule has 0 aliphatic heterocycles. The number of aliphatic carboxylic acids is 1. The SMILES string of the molecule is O=C(O)[C@@H]1[C@@H]2CC[C@@H](C2)[C@H]1C(=O)Nc1nc(-c2ccc(Cl)cc2)cs1. The number of nitrogens with zero attached hydrogens (tertiary/aromatic N) is 1. The van der Waals surface area contributed by atoms with Crippen LogP contribution in [0.4, 0.5) is 5.13 Å². The normalized spacial score (nSPS) is 27.4. The zero-order valence-corrected chi connectivity index (χ0v) is 14.9. The summed E-state index contributed by atoms with van der Waals surface area (Å²) < 4.78 is 0. The molecule has 2 aliphatic carbocycles. The van der Waals surface area contributed by atoms with Crippen LogP contribution in [0.15, 0.2) is 29.6 Å². The number of rotatable bonds is 4. The van der Waals surface area contributed by atoms with Gasteiger partial charge in [0.2, 0.25) is 5.91 Å². The zero-order valence-electron chi connectivity index (χ0n) is 13.3. The number of carboxylic acid groups (broad SMARTS) is 1. The number of carbonyl (C=O) groups excluding carboxylic acids is 1. The van der Waals surface area contributed by atoms with E-state index in [1.807, 2.05) is 17.5 Å². The predicted molar refractivity (Wildman–Crippen MR) is 96.6 cm³/mol. The molecule has 2 N–H and O–H groups in total. The van der Waals surface area contributed by atoms with E-state index in [0.717, 1.165) is 30.5 Å². The third-order valence-electron chi connectivity index (χ3n) is 5.38. The molecule has 1 amide bonds. The summed E-state index contributed by atoms with van der Waals surface area (Å²) >= 11 is 7.24. The van der Waals surface area contributed by atoms with Crippen molar-refractivity contribution in [3.63, 3.8) is 0 Å². The van der Waals surface area contributed by atoms with Gasteiger partial charge in [-0.3, -0.25) is 9.59 Å². The Kier molecular flexibility index (Phi) is 4.25. The number of benzene rings is 1. The molecule has 2 aromatic rings. The van der Waals surface area contributed by atoms with Gasteiger partial charge in [-0.25, -0.2) is 4.98 Å². The molecule has 2 saturated carbocycles. The molecule has 5 nitrogen and oxygen atoms in total. The summed E-state index contributed by atoms with van der Waals surface area (Å²) in [6.07, 6.45) is 2.72. The first kappa shape index (κ1) is 16.5. The molecule has 0 unspecified atom stereocenters. The average molecular weight is 377 g/mol. The largest absolute Gasteiger partial charge is 0.481 e. The molecule has 4 atom stereocenters. The van der Waals surface area contributed by atoms with Crippen molar-refractivity contribution in [2.45, 2.75) is 19.3 Å². The molecule has 0 saturated heterocycles. The second kappa shape index (κ2) is 6.42. The number of fused-ring (bicyclic) bond motifs is 2. The molecule has 0 spiro atoms. The third-order valence-corrected chi connectivity index (χ3v) is 6.39. The van der Waals surface area contributed by atoms with E-state index in [1.54, 1.807) is 12.1 Å². The van der Waals surface area contributed by atoms with E-state index in [1.165, 1.54) is 11.3 Å². The summed E-state index contributed by atoms with van der Waals surface area (Å²) in [5, 5.41) is 15.4. The van der Waals surface area contributed by atoms with Gasteiger partial charge in [0.15, 0.2) is 5.13 Å². The topological polar surface area (TPSA) is 79.3 Å².